The van der Waals surface area contributed by atoms with Gasteiger partial charge in [0.1, 0.15) is 10.7 Å². The monoisotopic (exact) mass is 463 g/mol. The Bertz CT molecular complexity index is 1010. The van der Waals surface area contributed by atoms with E-state index in [-0.39, 0.29) is 31.3 Å². The lowest BCUT2D eigenvalue weighted by Gasteiger charge is -2.33. The Morgan fingerprint density at radius 3 is 2.59 bits per heavy atom. The molecule has 0 radical (unpaired) electrons. The third-order valence-corrected chi connectivity index (χ3v) is 7.54. The lowest BCUT2D eigenvalue weighted by atomic mass is 10.1. The Labute approximate surface area is 189 Å². The quantitative estimate of drug-likeness (QED) is 0.618. The van der Waals surface area contributed by atoms with Crippen LogP contribution in [0.5, 0.6) is 0 Å². The maximum atomic E-state index is 14.3. The van der Waals surface area contributed by atoms with Gasteiger partial charge in [0, 0.05) is 44.8 Å². The Balaban J connectivity index is 1.62. The van der Waals surface area contributed by atoms with Crippen LogP contribution in [-0.4, -0.2) is 69.0 Å². The SMILES string of the molecule is CCN(CC)S(=O)(=O)c1cc(C(=O)NCC2CN(Cc3ccccc3)CCO2)ccc1F. The minimum absolute atomic E-state index is 0.0917. The van der Waals surface area contributed by atoms with Gasteiger partial charge in [0.05, 0.1) is 12.7 Å². The Kier molecular flexibility index (Phi) is 8.36. The zero-order valence-corrected chi connectivity index (χ0v) is 19.3. The Hall–Kier alpha value is -2.33. The summed E-state index contributed by atoms with van der Waals surface area (Å²) in [6, 6.07) is 13.5. The zero-order chi connectivity index (χ0) is 23.1. The van der Waals surface area contributed by atoms with Crippen LogP contribution in [0.25, 0.3) is 0 Å². The molecule has 1 atom stereocenters. The number of benzene rings is 2. The molecule has 0 saturated carbocycles. The molecule has 0 bridgehead atoms. The maximum absolute atomic E-state index is 14.3. The Morgan fingerprint density at radius 1 is 1.19 bits per heavy atom. The number of sulfonamides is 1. The average Bonchev–Trinajstić information content (AvgIpc) is 2.79. The molecule has 1 amide bonds. The molecule has 0 aliphatic carbocycles. The highest BCUT2D eigenvalue weighted by atomic mass is 32.2. The molecule has 0 aromatic heterocycles. The first-order valence-electron chi connectivity index (χ1n) is 10.8. The van der Waals surface area contributed by atoms with E-state index in [4.69, 9.17) is 4.74 Å². The molecule has 1 heterocycles. The van der Waals surface area contributed by atoms with Gasteiger partial charge in [-0.1, -0.05) is 44.2 Å². The van der Waals surface area contributed by atoms with Crippen molar-refractivity contribution in [2.45, 2.75) is 31.4 Å². The van der Waals surface area contributed by atoms with Gasteiger partial charge in [-0.25, -0.2) is 12.8 Å². The number of halogens is 1. The van der Waals surface area contributed by atoms with Crippen LogP contribution < -0.4 is 5.32 Å². The molecule has 1 unspecified atom stereocenters. The predicted octanol–water partition coefficient (Wildman–Crippen LogP) is 2.49. The highest BCUT2D eigenvalue weighted by Crippen LogP contribution is 2.21. The van der Waals surface area contributed by atoms with Gasteiger partial charge < -0.3 is 10.1 Å². The summed E-state index contributed by atoms with van der Waals surface area (Å²) in [6.45, 7) is 6.92. The second kappa shape index (κ2) is 11.0. The minimum Gasteiger partial charge on any atom is -0.374 e. The molecular weight excluding hydrogens is 433 g/mol. The van der Waals surface area contributed by atoms with Crippen molar-refractivity contribution in [1.82, 2.24) is 14.5 Å². The molecular formula is C23H30FN3O4S. The van der Waals surface area contributed by atoms with Crippen molar-refractivity contribution in [2.24, 2.45) is 0 Å². The lowest BCUT2D eigenvalue weighted by molar-refractivity contribution is -0.0292. The van der Waals surface area contributed by atoms with Crippen LogP contribution in [0.4, 0.5) is 4.39 Å². The third kappa shape index (κ3) is 5.92. The van der Waals surface area contributed by atoms with Gasteiger partial charge in [-0.15, -0.1) is 0 Å². The van der Waals surface area contributed by atoms with Gasteiger partial charge in [0.25, 0.3) is 5.91 Å². The van der Waals surface area contributed by atoms with Crippen molar-refractivity contribution < 1.29 is 22.3 Å². The van der Waals surface area contributed by atoms with E-state index in [2.05, 4.69) is 22.3 Å². The van der Waals surface area contributed by atoms with Gasteiger partial charge in [-0.3, -0.25) is 9.69 Å². The number of rotatable bonds is 9. The maximum Gasteiger partial charge on any atom is 0.251 e. The van der Waals surface area contributed by atoms with Crippen LogP contribution in [0.1, 0.15) is 29.8 Å². The fraction of sp³-hybridized carbons (Fsp3) is 0.435. The van der Waals surface area contributed by atoms with Crippen LogP contribution in [0.2, 0.25) is 0 Å². The molecule has 1 aliphatic heterocycles. The number of carbonyl (C=O) groups is 1. The molecule has 1 N–H and O–H groups in total. The smallest absolute Gasteiger partial charge is 0.251 e. The number of amides is 1. The van der Waals surface area contributed by atoms with Crippen molar-refractivity contribution in [3.8, 4) is 0 Å². The van der Waals surface area contributed by atoms with E-state index in [0.29, 0.717) is 13.2 Å². The van der Waals surface area contributed by atoms with Crippen molar-refractivity contribution >= 4 is 15.9 Å². The number of nitrogens with zero attached hydrogens (tertiary/aromatic N) is 2. The van der Waals surface area contributed by atoms with Crippen LogP contribution >= 0.6 is 0 Å². The first-order chi connectivity index (χ1) is 15.3. The topological polar surface area (TPSA) is 79.0 Å². The molecule has 7 nitrogen and oxygen atoms in total. The highest BCUT2D eigenvalue weighted by Gasteiger charge is 2.27. The number of hydrogen-bond donors (Lipinski definition) is 1. The fourth-order valence-corrected chi connectivity index (χ4v) is 5.29. The summed E-state index contributed by atoms with van der Waals surface area (Å²) in [5, 5.41) is 2.79. The van der Waals surface area contributed by atoms with E-state index in [1.165, 1.54) is 11.6 Å². The molecule has 1 aliphatic rings. The molecule has 174 valence electrons. The number of nitrogens with one attached hydrogen (secondary N) is 1. The number of morpholine rings is 1. The molecule has 2 aromatic rings. The highest BCUT2D eigenvalue weighted by molar-refractivity contribution is 7.89. The summed E-state index contributed by atoms with van der Waals surface area (Å²) in [4.78, 5) is 14.4. The van der Waals surface area contributed by atoms with Crippen LogP contribution in [-0.2, 0) is 21.3 Å². The van der Waals surface area contributed by atoms with E-state index >= 15 is 0 Å². The lowest BCUT2D eigenvalue weighted by Crippen LogP contribution is -2.47. The van der Waals surface area contributed by atoms with Crippen LogP contribution in [0.15, 0.2) is 53.4 Å². The third-order valence-electron chi connectivity index (χ3n) is 5.48. The number of carbonyl (C=O) groups excluding carboxylic acids is 1. The molecule has 32 heavy (non-hydrogen) atoms. The van der Waals surface area contributed by atoms with E-state index in [9.17, 15) is 17.6 Å². The summed E-state index contributed by atoms with van der Waals surface area (Å²) < 4.78 is 46.6. The average molecular weight is 464 g/mol. The largest absolute Gasteiger partial charge is 0.374 e. The molecule has 2 aromatic carbocycles. The number of ether oxygens (including phenoxy) is 1. The fourth-order valence-electron chi connectivity index (χ4n) is 3.74. The van der Waals surface area contributed by atoms with Gasteiger partial charge >= 0.3 is 0 Å². The van der Waals surface area contributed by atoms with Gasteiger partial charge in [0.2, 0.25) is 10.0 Å². The first kappa shape index (κ1) is 24.3. The molecule has 1 saturated heterocycles. The minimum atomic E-state index is -4.01. The predicted molar refractivity (Wildman–Crippen MR) is 120 cm³/mol. The van der Waals surface area contributed by atoms with Crippen molar-refractivity contribution in [1.29, 1.82) is 0 Å². The first-order valence-corrected chi connectivity index (χ1v) is 12.2. The molecule has 0 spiro atoms. The second-order valence-electron chi connectivity index (χ2n) is 7.66. The zero-order valence-electron chi connectivity index (χ0n) is 18.5. The van der Waals surface area contributed by atoms with Crippen LogP contribution in [0, 0.1) is 5.82 Å². The van der Waals surface area contributed by atoms with E-state index in [1.54, 1.807) is 13.8 Å². The van der Waals surface area contributed by atoms with Gasteiger partial charge in [-0.2, -0.15) is 4.31 Å². The van der Waals surface area contributed by atoms with E-state index in [0.717, 1.165) is 29.5 Å². The summed E-state index contributed by atoms with van der Waals surface area (Å²) in [6.07, 6.45) is -0.185. The van der Waals surface area contributed by atoms with Crippen LogP contribution in [0.3, 0.4) is 0 Å². The summed E-state index contributed by atoms with van der Waals surface area (Å²) in [5.74, 6) is -1.34. The molecule has 1 fully saturated rings. The van der Waals surface area contributed by atoms with Gasteiger partial charge in [0.15, 0.2) is 0 Å². The summed E-state index contributed by atoms with van der Waals surface area (Å²) in [7, 11) is -4.01. The van der Waals surface area contributed by atoms with E-state index < -0.39 is 26.6 Å². The van der Waals surface area contributed by atoms with Crippen molar-refractivity contribution in [3.05, 3.63) is 65.5 Å². The second-order valence-corrected chi connectivity index (χ2v) is 9.56. The molecule has 3 rings (SSSR count). The standard InChI is InChI=1S/C23H30FN3O4S/c1-3-27(4-2)32(29,30)22-14-19(10-11-21(22)24)23(28)25-15-20-17-26(12-13-31-20)16-18-8-6-5-7-9-18/h5-11,14,20H,3-4,12-13,15-17H2,1-2H3,(H,25,28). The van der Waals surface area contributed by atoms with Crippen molar-refractivity contribution in [2.75, 3.05) is 39.3 Å². The summed E-state index contributed by atoms with van der Waals surface area (Å²) in [5.41, 5.74) is 1.31. The molecule has 9 heteroatoms. The van der Waals surface area contributed by atoms with Gasteiger partial charge in [-0.05, 0) is 23.8 Å². The Morgan fingerprint density at radius 2 is 1.91 bits per heavy atom. The van der Waals surface area contributed by atoms with Crippen molar-refractivity contribution in [3.63, 3.8) is 0 Å². The summed E-state index contributed by atoms with van der Waals surface area (Å²) >= 11 is 0. The van der Waals surface area contributed by atoms with E-state index in [1.807, 2.05) is 18.2 Å². The normalized spacial score (nSPS) is 17.4. The number of hydrogen-bond acceptors (Lipinski definition) is 5.